The van der Waals surface area contributed by atoms with Crippen LogP contribution in [0.3, 0.4) is 0 Å². The quantitative estimate of drug-likeness (QED) is 0.669. The van der Waals surface area contributed by atoms with E-state index in [2.05, 4.69) is 50.0 Å². The van der Waals surface area contributed by atoms with Crippen LogP contribution in [0.25, 0.3) is 11.5 Å². The molecule has 1 aliphatic rings. The van der Waals surface area contributed by atoms with Crippen molar-refractivity contribution in [3.05, 3.63) is 60.0 Å². The molecule has 0 atom stereocenters. The molecule has 2 aromatic heterocycles. The first-order valence-corrected chi connectivity index (χ1v) is 9.67. The van der Waals surface area contributed by atoms with Gasteiger partial charge in [-0.3, -0.25) is 0 Å². The van der Waals surface area contributed by atoms with E-state index in [9.17, 15) is 0 Å². The topological polar surface area (TPSA) is 75.9 Å². The van der Waals surface area contributed by atoms with E-state index in [1.807, 2.05) is 18.2 Å². The van der Waals surface area contributed by atoms with Crippen molar-refractivity contribution in [2.75, 3.05) is 18.4 Å². The molecule has 1 fully saturated rings. The Morgan fingerprint density at radius 1 is 1.04 bits per heavy atom. The lowest BCUT2D eigenvalue weighted by atomic mass is 10.1. The van der Waals surface area contributed by atoms with Gasteiger partial charge in [0.15, 0.2) is 5.82 Å². The van der Waals surface area contributed by atoms with Crippen molar-refractivity contribution in [1.29, 1.82) is 0 Å². The standard InChI is InChI=1S/C21H25N5O/c1-2-5-16(6-3-1)7-4-8-20-25-21(27-26-20)17-9-10-19(23-15-17)24-18-11-13-22-14-12-18/h1-3,5-6,9-10,15,18,22H,4,7-8,11-14H2,(H,23,24). The molecule has 6 heteroatoms. The third kappa shape index (κ3) is 4.92. The molecule has 0 bridgehead atoms. The van der Waals surface area contributed by atoms with Gasteiger partial charge in [0.1, 0.15) is 5.82 Å². The number of pyridine rings is 1. The van der Waals surface area contributed by atoms with Crippen LogP contribution in [-0.4, -0.2) is 34.3 Å². The molecule has 27 heavy (non-hydrogen) atoms. The summed E-state index contributed by atoms with van der Waals surface area (Å²) in [5, 5.41) is 11.0. The number of aryl methyl sites for hydroxylation is 2. The first kappa shape index (κ1) is 17.7. The highest BCUT2D eigenvalue weighted by Crippen LogP contribution is 2.19. The zero-order chi connectivity index (χ0) is 18.3. The first-order chi connectivity index (χ1) is 13.4. The minimum Gasteiger partial charge on any atom is -0.367 e. The average Bonchev–Trinajstić information content (AvgIpc) is 3.19. The van der Waals surface area contributed by atoms with E-state index < -0.39 is 0 Å². The minimum absolute atomic E-state index is 0.490. The molecule has 0 unspecified atom stereocenters. The highest BCUT2D eigenvalue weighted by Gasteiger charge is 2.14. The van der Waals surface area contributed by atoms with Crippen molar-refractivity contribution in [3.8, 4) is 11.5 Å². The molecule has 0 radical (unpaired) electrons. The number of piperidine rings is 1. The summed E-state index contributed by atoms with van der Waals surface area (Å²) < 4.78 is 5.41. The van der Waals surface area contributed by atoms with Crippen molar-refractivity contribution in [3.63, 3.8) is 0 Å². The summed E-state index contributed by atoms with van der Waals surface area (Å²) in [6.07, 6.45) is 6.87. The molecule has 0 spiro atoms. The molecule has 140 valence electrons. The number of nitrogens with zero attached hydrogens (tertiary/aromatic N) is 3. The Bertz CT molecular complexity index is 825. The van der Waals surface area contributed by atoms with Crippen LogP contribution >= 0.6 is 0 Å². The van der Waals surface area contributed by atoms with Gasteiger partial charge < -0.3 is 15.2 Å². The third-order valence-corrected chi connectivity index (χ3v) is 4.88. The van der Waals surface area contributed by atoms with E-state index in [1.165, 1.54) is 5.56 Å². The molecule has 4 rings (SSSR count). The Kier molecular flexibility index (Phi) is 5.74. The number of benzene rings is 1. The number of hydrogen-bond donors (Lipinski definition) is 2. The van der Waals surface area contributed by atoms with E-state index in [-0.39, 0.29) is 0 Å². The van der Waals surface area contributed by atoms with Gasteiger partial charge in [-0.15, -0.1) is 0 Å². The molecule has 1 saturated heterocycles. The van der Waals surface area contributed by atoms with Crippen molar-refractivity contribution in [2.24, 2.45) is 0 Å². The van der Waals surface area contributed by atoms with Crippen molar-refractivity contribution >= 4 is 5.82 Å². The highest BCUT2D eigenvalue weighted by atomic mass is 16.5. The molecule has 3 heterocycles. The third-order valence-electron chi connectivity index (χ3n) is 4.88. The van der Waals surface area contributed by atoms with Crippen LogP contribution in [0.1, 0.15) is 30.7 Å². The maximum absolute atomic E-state index is 5.41. The second kappa shape index (κ2) is 8.77. The van der Waals surface area contributed by atoms with Crippen LogP contribution in [0.2, 0.25) is 0 Å². The monoisotopic (exact) mass is 363 g/mol. The SMILES string of the molecule is c1ccc(CCCc2noc(-c3ccc(NC4CCNCC4)nc3)n2)cc1. The smallest absolute Gasteiger partial charge is 0.259 e. The van der Waals surface area contributed by atoms with Gasteiger partial charge in [-0.25, -0.2) is 4.98 Å². The molecule has 1 aliphatic heterocycles. The largest absolute Gasteiger partial charge is 0.367 e. The summed E-state index contributed by atoms with van der Waals surface area (Å²) in [7, 11) is 0. The fourth-order valence-electron chi connectivity index (χ4n) is 3.35. The van der Waals surface area contributed by atoms with Gasteiger partial charge in [-0.1, -0.05) is 35.5 Å². The van der Waals surface area contributed by atoms with Crippen LogP contribution in [0.15, 0.2) is 53.2 Å². The zero-order valence-electron chi connectivity index (χ0n) is 15.4. The number of anilines is 1. The minimum atomic E-state index is 0.490. The van der Waals surface area contributed by atoms with Gasteiger partial charge in [0.2, 0.25) is 0 Å². The van der Waals surface area contributed by atoms with Gasteiger partial charge >= 0.3 is 0 Å². The zero-order valence-corrected chi connectivity index (χ0v) is 15.4. The number of hydrogen-bond acceptors (Lipinski definition) is 6. The van der Waals surface area contributed by atoms with E-state index in [4.69, 9.17) is 4.52 Å². The van der Waals surface area contributed by atoms with E-state index in [0.29, 0.717) is 11.9 Å². The van der Waals surface area contributed by atoms with E-state index >= 15 is 0 Å². The van der Waals surface area contributed by atoms with E-state index in [1.54, 1.807) is 6.20 Å². The van der Waals surface area contributed by atoms with Gasteiger partial charge in [0.05, 0.1) is 5.56 Å². The molecule has 0 aliphatic carbocycles. The maximum atomic E-state index is 5.41. The number of nitrogens with one attached hydrogen (secondary N) is 2. The Balaban J connectivity index is 1.31. The average molecular weight is 363 g/mol. The van der Waals surface area contributed by atoms with Gasteiger partial charge in [0.25, 0.3) is 5.89 Å². The fourth-order valence-corrected chi connectivity index (χ4v) is 3.35. The molecule has 3 aromatic rings. The predicted octanol–water partition coefficient (Wildman–Crippen LogP) is 3.47. The van der Waals surface area contributed by atoms with Gasteiger partial charge in [-0.2, -0.15) is 4.98 Å². The number of aromatic nitrogens is 3. The van der Waals surface area contributed by atoms with Crippen molar-refractivity contribution < 1.29 is 4.52 Å². The molecular weight excluding hydrogens is 338 g/mol. The summed E-state index contributed by atoms with van der Waals surface area (Å²) in [5.74, 6) is 2.18. The number of rotatable bonds is 7. The molecule has 2 N–H and O–H groups in total. The molecular formula is C21H25N5O. The van der Waals surface area contributed by atoms with E-state index in [0.717, 1.165) is 62.4 Å². The second-order valence-corrected chi connectivity index (χ2v) is 6.96. The molecule has 0 saturated carbocycles. The van der Waals surface area contributed by atoms with Crippen LogP contribution in [-0.2, 0) is 12.8 Å². The lowest BCUT2D eigenvalue weighted by Crippen LogP contribution is -2.35. The predicted molar refractivity (Wildman–Crippen MR) is 106 cm³/mol. The lowest BCUT2D eigenvalue weighted by Gasteiger charge is -2.24. The van der Waals surface area contributed by atoms with Crippen LogP contribution in [0.4, 0.5) is 5.82 Å². The Morgan fingerprint density at radius 3 is 2.67 bits per heavy atom. The van der Waals surface area contributed by atoms with Crippen LogP contribution in [0, 0.1) is 0 Å². The molecule has 0 amide bonds. The van der Waals surface area contributed by atoms with Crippen molar-refractivity contribution in [1.82, 2.24) is 20.4 Å². The summed E-state index contributed by atoms with van der Waals surface area (Å²) in [4.78, 5) is 9.01. The van der Waals surface area contributed by atoms with Crippen molar-refractivity contribution in [2.45, 2.75) is 38.1 Å². The molecule has 6 nitrogen and oxygen atoms in total. The Hall–Kier alpha value is -2.73. The maximum Gasteiger partial charge on any atom is 0.259 e. The fraction of sp³-hybridized carbons (Fsp3) is 0.381. The first-order valence-electron chi connectivity index (χ1n) is 9.67. The Morgan fingerprint density at radius 2 is 1.89 bits per heavy atom. The normalized spacial score (nSPS) is 15.0. The molecule has 1 aromatic carbocycles. The van der Waals surface area contributed by atoms with Gasteiger partial charge in [0, 0.05) is 18.7 Å². The summed E-state index contributed by atoms with van der Waals surface area (Å²) >= 11 is 0. The van der Waals surface area contributed by atoms with Gasteiger partial charge in [-0.05, 0) is 56.5 Å². The summed E-state index contributed by atoms with van der Waals surface area (Å²) in [6.45, 7) is 2.12. The Labute approximate surface area is 159 Å². The lowest BCUT2D eigenvalue weighted by molar-refractivity contribution is 0.421. The highest BCUT2D eigenvalue weighted by molar-refractivity contribution is 5.54. The van der Waals surface area contributed by atoms with Crippen LogP contribution in [0.5, 0.6) is 0 Å². The second-order valence-electron chi connectivity index (χ2n) is 6.96. The van der Waals surface area contributed by atoms with Crippen LogP contribution < -0.4 is 10.6 Å². The summed E-state index contributed by atoms with van der Waals surface area (Å²) in [6, 6.07) is 14.9. The summed E-state index contributed by atoms with van der Waals surface area (Å²) in [5.41, 5.74) is 2.19.